The molecular formula is C16H22N4O. The average molecular weight is 286 g/mol. The number of methoxy groups -OCH3 is 1. The lowest BCUT2D eigenvalue weighted by Crippen LogP contribution is -2.19. The minimum absolute atomic E-state index is 0.702. The van der Waals surface area contributed by atoms with Crippen LogP contribution >= 0.6 is 0 Å². The predicted molar refractivity (Wildman–Crippen MR) is 84.5 cm³/mol. The van der Waals surface area contributed by atoms with Crippen molar-refractivity contribution in [2.45, 2.75) is 20.0 Å². The number of benzene rings is 1. The molecule has 0 radical (unpaired) electrons. The van der Waals surface area contributed by atoms with E-state index in [4.69, 9.17) is 4.74 Å². The lowest BCUT2D eigenvalue weighted by molar-refractivity contribution is 0.309. The summed E-state index contributed by atoms with van der Waals surface area (Å²) < 4.78 is 5.25. The van der Waals surface area contributed by atoms with Crippen LogP contribution < -0.4 is 10.1 Å². The van der Waals surface area contributed by atoms with Crippen molar-refractivity contribution in [1.29, 1.82) is 0 Å². The number of hydrogen-bond donors (Lipinski definition) is 1. The number of ether oxygens (including phenoxy) is 1. The van der Waals surface area contributed by atoms with Crippen molar-refractivity contribution in [3.05, 3.63) is 47.4 Å². The summed E-state index contributed by atoms with van der Waals surface area (Å²) >= 11 is 0. The standard InChI is InChI=1S/C16H22N4O/c1-12-8-15(17-2)19-16(18-12)11-20(3)10-13-6-5-7-14(9-13)21-4/h5-9H,10-11H2,1-4H3,(H,17,18,19). The van der Waals surface area contributed by atoms with Crippen LogP contribution in [0.1, 0.15) is 17.1 Å². The molecule has 0 saturated carbocycles. The van der Waals surface area contributed by atoms with Crippen LogP contribution in [0.15, 0.2) is 30.3 Å². The summed E-state index contributed by atoms with van der Waals surface area (Å²) in [5.41, 5.74) is 2.18. The van der Waals surface area contributed by atoms with Gasteiger partial charge in [-0.2, -0.15) is 0 Å². The minimum atomic E-state index is 0.702. The van der Waals surface area contributed by atoms with Gasteiger partial charge in [-0.25, -0.2) is 9.97 Å². The van der Waals surface area contributed by atoms with E-state index in [1.54, 1.807) is 7.11 Å². The number of hydrogen-bond acceptors (Lipinski definition) is 5. The lowest BCUT2D eigenvalue weighted by atomic mass is 10.2. The van der Waals surface area contributed by atoms with E-state index < -0.39 is 0 Å². The molecule has 0 aliphatic heterocycles. The largest absolute Gasteiger partial charge is 0.497 e. The van der Waals surface area contributed by atoms with Gasteiger partial charge in [-0.1, -0.05) is 12.1 Å². The highest BCUT2D eigenvalue weighted by atomic mass is 16.5. The van der Waals surface area contributed by atoms with E-state index in [2.05, 4.69) is 33.3 Å². The van der Waals surface area contributed by atoms with Crippen LogP contribution in [-0.2, 0) is 13.1 Å². The molecule has 2 rings (SSSR count). The van der Waals surface area contributed by atoms with Crippen molar-refractivity contribution in [3.63, 3.8) is 0 Å². The molecule has 5 nitrogen and oxygen atoms in total. The molecule has 1 aromatic heterocycles. The number of anilines is 1. The van der Waals surface area contributed by atoms with Crippen LogP contribution in [-0.4, -0.2) is 36.1 Å². The molecule has 2 aromatic rings. The third-order valence-electron chi connectivity index (χ3n) is 3.15. The molecule has 5 heteroatoms. The third-order valence-corrected chi connectivity index (χ3v) is 3.15. The van der Waals surface area contributed by atoms with Crippen LogP contribution in [0.4, 0.5) is 5.82 Å². The van der Waals surface area contributed by atoms with Crippen LogP contribution in [0.2, 0.25) is 0 Å². The Hall–Kier alpha value is -2.14. The topological polar surface area (TPSA) is 50.3 Å². The monoisotopic (exact) mass is 286 g/mol. The first-order valence-corrected chi connectivity index (χ1v) is 6.94. The first kappa shape index (κ1) is 15.3. The summed E-state index contributed by atoms with van der Waals surface area (Å²) in [6.45, 7) is 3.50. The predicted octanol–water partition coefficient (Wildman–Crippen LogP) is 2.47. The van der Waals surface area contributed by atoms with E-state index in [0.717, 1.165) is 29.6 Å². The Labute approximate surface area is 126 Å². The Morgan fingerprint density at radius 2 is 2.00 bits per heavy atom. The molecule has 0 aliphatic carbocycles. The second-order valence-electron chi connectivity index (χ2n) is 5.08. The van der Waals surface area contributed by atoms with Gasteiger partial charge in [0.25, 0.3) is 0 Å². The molecule has 0 fully saturated rings. The van der Waals surface area contributed by atoms with Crippen LogP contribution in [0.5, 0.6) is 5.75 Å². The molecular weight excluding hydrogens is 264 g/mol. The molecule has 0 atom stereocenters. The van der Waals surface area contributed by atoms with Crippen molar-refractivity contribution in [2.75, 3.05) is 26.5 Å². The van der Waals surface area contributed by atoms with Gasteiger partial charge in [0, 0.05) is 25.4 Å². The Bertz CT molecular complexity index is 601. The second-order valence-corrected chi connectivity index (χ2v) is 5.08. The summed E-state index contributed by atoms with van der Waals surface area (Å²) in [6, 6.07) is 10.0. The van der Waals surface area contributed by atoms with Gasteiger partial charge in [0.2, 0.25) is 0 Å². The maximum Gasteiger partial charge on any atom is 0.144 e. The fraction of sp³-hybridized carbons (Fsp3) is 0.375. The molecule has 1 heterocycles. The van der Waals surface area contributed by atoms with Gasteiger partial charge >= 0.3 is 0 Å². The molecule has 0 unspecified atom stereocenters. The highest BCUT2D eigenvalue weighted by Gasteiger charge is 2.07. The Morgan fingerprint density at radius 1 is 1.19 bits per heavy atom. The summed E-state index contributed by atoms with van der Waals surface area (Å²) in [5, 5.41) is 3.06. The summed E-state index contributed by atoms with van der Waals surface area (Å²) in [5.74, 6) is 2.56. The van der Waals surface area contributed by atoms with E-state index >= 15 is 0 Å². The third kappa shape index (κ3) is 4.43. The van der Waals surface area contributed by atoms with Gasteiger partial charge < -0.3 is 10.1 Å². The van der Waals surface area contributed by atoms with E-state index in [1.807, 2.05) is 38.2 Å². The SMILES string of the molecule is CNc1cc(C)nc(CN(C)Cc2cccc(OC)c2)n1. The van der Waals surface area contributed by atoms with Gasteiger partial charge in [0.1, 0.15) is 17.4 Å². The average Bonchev–Trinajstić information content (AvgIpc) is 2.46. The van der Waals surface area contributed by atoms with Gasteiger partial charge in [-0.05, 0) is 31.7 Å². The molecule has 0 saturated heterocycles. The smallest absolute Gasteiger partial charge is 0.144 e. The number of nitrogens with zero attached hydrogens (tertiary/aromatic N) is 3. The summed E-state index contributed by atoms with van der Waals surface area (Å²) in [7, 11) is 5.61. The maximum atomic E-state index is 5.25. The van der Waals surface area contributed by atoms with Gasteiger partial charge in [-0.3, -0.25) is 4.90 Å². The molecule has 1 N–H and O–H groups in total. The molecule has 0 aliphatic rings. The summed E-state index contributed by atoms with van der Waals surface area (Å²) in [6.07, 6.45) is 0. The fourth-order valence-electron chi connectivity index (χ4n) is 2.21. The number of nitrogens with one attached hydrogen (secondary N) is 1. The number of rotatable bonds is 6. The van der Waals surface area contributed by atoms with Crippen LogP contribution in [0, 0.1) is 6.92 Å². The fourth-order valence-corrected chi connectivity index (χ4v) is 2.21. The van der Waals surface area contributed by atoms with Gasteiger partial charge in [0.05, 0.1) is 13.7 Å². The molecule has 0 spiro atoms. The highest BCUT2D eigenvalue weighted by Crippen LogP contribution is 2.15. The molecule has 0 amide bonds. The first-order chi connectivity index (χ1) is 10.1. The highest BCUT2D eigenvalue weighted by molar-refractivity contribution is 5.34. The zero-order valence-corrected chi connectivity index (χ0v) is 13.1. The maximum absolute atomic E-state index is 5.25. The van der Waals surface area contributed by atoms with E-state index in [-0.39, 0.29) is 0 Å². The van der Waals surface area contributed by atoms with Crippen molar-refractivity contribution >= 4 is 5.82 Å². The number of aromatic nitrogens is 2. The van der Waals surface area contributed by atoms with Crippen molar-refractivity contribution in [3.8, 4) is 5.75 Å². The van der Waals surface area contributed by atoms with E-state index in [9.17, 15) is 0 Å². The zero-order chi connectivity index (χ0) is 15.2. The molecule has 0 bridgehead atoms. The van der Waals surface area contributed by atoms with Crippen molar-refractivity contribution in [2.24, 2.45) is 0 Å². The van der Waals surface area contributed by atoms with Crippen LogP contribution in [0.25, 0.3) is 0 Å². The Kier molecular flexibility index (Phi) is 5.11. The molecule has 1 aromatic carbocycles. The first-order valence-electron chi connectivity index (χ1n) is 6.94. The van der Waals surface area contributed by atoms with Crippen LogP contribution in [0.3, 0.4) is 0 Å². The molecule has 21 heavy (non-hydrogen) atoms. The zero-order valence-electron chi connectivity index (χ0n) is 13.1. The number of aryl methyl sites for hydroxylation is 1. The minimum Gasteiger partial charge on any atom is -0.497 e. The quantitative estimate of drug-likeness (QED) is 0.884. The van der Waals surface area contributed by atoms with E-state index in [0.29, 0.717) is 6.54 Å². The normalized spacial score (nSPS) is 10.7. The van der Waals surface area contributed by atoms with E-state index in [1.165, 1.54) is 5.56 Å². The molecule has 112 valence electrons. The Morgan fingerprint density at radius 3 is 2.71 bits per heavy atom. The van der Waals surface area contributed by atoms with Crippen molar-refractivity contribution in [1.82, 2.24) is 14.9 Å². The van der Waals surface area contributed by atoms with Crippen molar-refractivity contribution < 1.29 is 4.74 Å². The Balaban J connectivity index is 2.04. The van der Waals surface area contributed by atoms with Gasteiger partial charge in [0.15, 0.2) is 0 Å². The van der Waals surface area contributed by atoms with Gasteiger partial charge in [-0.15, -0.1) is 0 Å². The second kappa shape index (κ2) is 7.04. The lowest BCUT2D eigenvalue weighted by Gasteiger charge is -2.17. The summed E-state index contributed by atoms with van der Waals surface area (Å²) in [4.78, 5) is 11.1.